The zero-order valence-electron chi connectivity index (χ0n) is 13.6. The molecule has 1 aliphatic heterocycles. The molecular weight excluding hydrogens is 275 g/mol. The molecule has 0 N–H and O–H groups in total. The van der Waals surface area contributed by atoms with Crippen LogP contribution in [0.25, 0.3) is 0 Å². The molecule has 2 fully saturated rings. The molecule has 0 amide bonds. The van der Waals surface area contributed by atoms with Crippen molar-refractivity contribution in [3.8, 4) is 0 Å². The summed E-state index contributed by atoms with van der Waals surface area (Å²) in [6.07, 6.45) is 21.3. The molecule has 0 saturated heterocycles. The summed E-state index contributed by atoms with van der Waals surface area (Å²) >= 11 is 0. The molecule has 2 nitrogen and oxygen atoms in total. The van der Waals surface area contributed by atoms with Crippen molar-refractivity contribution in [1.29, 1.82) is 0 Å². The van der Waals surface area contributed by atoms with Gasteiger partial charge in [0.2, 0.25) is 0 Å². The third-order valence-electron chi connectivity index (χ3n) is 5.48. The molecule has 0 unspecified atom stereocenters. The van der Waals surface area contributed by atoms with Gasteiger partial charge in [-0.05, 0) is 51.5 Å². The summed E-state index contributed by atoms with van der Waals surface area (Å²) in [5.41, 5.74) is 1.96. The van der Waals surface area contributed by atoms with E-state index in [0.29, 0.717) is 0 Å². The minimum atomic E-state index is -0.0124. The van der Waals surface area contributed by atoms with Gasteiger partial charge in [0, 0.05) is 19.7 Å². The first-order chi connectivity index (χ1) is 10.4. The van der Waals surface area contributed by atoms with E-state index in [1.807, 2.05) is 6.20 Å². The molecule has 0 aromatic carbocycles. The van der Waals surface area contributed by atoms with Crippen LogP contribution in [0.3, 0.4) is 0 Å². The maximum Gasteiger partial charge on any atom is 0.107 e. The van der Waals surface area contributed by atoms with Crippen molar-refractivity contribution in [3.05, 3.63) is 12.3 Å². The minimum Gasteiger partial charge on any atom is -0.342 e. The Balaban J connectivity index is 1.76. The van der Waals surface area contributed by atoms with Crippen LogP contribution >= 0.6 is 8.07 Å². The topological polar surface area (TPSA) is 15.6 Å². The summed E-state index contributed by atoms with van der Waals surface area (Å²) in [6, 6.07) is 0. The zero-order valence-corrected chi connectivity index (χ0v) is 14.5. The van der Waals surface area contributed by atoms with Gasteiger partial charge in [-0.15, -0.1) is 0 Å². The van der Waals surface area contributed by atoms with Crippen LogP contribution in [-0.2, 0) is 0 Å². The maximum atomic E-state index is 4.72. The number of hydrogen-bond acceptors (Lipinski definition) is 2. The van der Waals surface area contributed by atoms with Gasteiger partial charge in [0.05, 0.1) is 0 Å². The number of amidine groups is 1. The predicted molar refractivity (Wildman–Crippen MR) is 94.2 cm³/mol. The van der Waals surface area contributed by atoms with E-state index in [0.717, 1.165) is 17.7 Å². The molecule has 0 bridgehead atoms. The Hall–Kier alpha value is -0.360. The summed E-state index contributed by atoms with van der Waals surface area (Å²) in [5, 5.41) is 0. The first-order valence-corrected chi connectivity index (χ1v) is 10.5. The molecule has 1 heterocycles. The quantitative estimate of drug-likeness (QED) is 0.612. The van der Waals surface area contributed by atoms with Gasteiger partial charge in [-0.25, -0.2) is 4.99 Å². The Kier molecular flexibility index (Phi) is 5.75. The van der Waals surface area contributed by atoms with E-state index < -0.39 is 0 Å². The molecule has 0 aromatic heterocycles. The van der Waals surface area contributed by atoms with Gasteiger partial charge in [-0.1, -0.05) is 44.6 Å². The molecular formula is C18H31N2P. The van der Waals surface area contributed by atoms with Crippen molar-refractivity contribution in [3.63, 3.8) is 0 Å². The van der Waals surface area contributed by atoms with Crippen molar-refractivity contribution in [1.82, 2.24) is 4.67 Å². The fourth-order valence-electron chi connectivity index (χ4n) is 4.35. The van der Waals surface area contributed by atoms with E-state index in [-0.39, 0.29) is 8.07 Å². The first kappa shape index (κ1) is 15.5. The van der Waals surface area contributed by atoms with Gasteiger partial charge < -0.3 is 4.67 Å². The van der Waals surface area contributed by atoms with Gasteiger partial charge >= 0.3 is 0 Å². The number of allylic oxidation sites excluding steroid dienone is 1. The standard InChI is InChI=1S/C18H31N2P/c1-20(18-14-8-9-15-19-18)21(16-10-4-2-5-11-16)17-12-6-3-7-13-17/h9,15-17H,2-8,10-14H2,1H3. The molecule has 0 atom stereocenters. The molecule has 3 aliphatic rings. The normalized spacial score (nSPS) is 25.1. The van der Waals surface area contributed by atoms with Crippen LogP contribution in [0.1, 0.15) is 77.0 Å². The second-order valence-electron chi connectivity index (χ2n) is 6.96. The molecule has 0 aromatic rings. The fraction of sp³-hybridized carbons (Fsp3) is 0.833. The van der Waals surface area contributed by atoms with Crippen molar-refractivity contribution in [2.75, 3.05) is 7.05 Å². The molecule has 3 heteroatoms. The predicted octanol–water partition coefficient (Wildman–Crippen LogP) is 5.69. The SMILES string of the molecule is CN(C1=NC=CCC1)P(C1CCCCC1)C1CCCCC1. The van der Waals surface area contributed by atoms with E-state index in [1.54, 1.807) is 0 Å². The largest absolute Gasteiger partial charge is 0.342 e. The Labute approximate surface area is 131 Å². The minimum absolute atomic E-state index is 0.0124. The number of aliphatic imine (C=N–C) groups is 1. The van der Waals surface area contributed by atoms with Gasteiger partial charge in [-0.3, -0.25) is 0 Å². The maximum absolute atomic E-state index is 4.72. The third-order valence-corrected chi connectivity index (χ3v) is 8.93. The van der Waals surface area contributed by atoms with Crippen LogP contribution < -0.4 is 0 Å². The second-order valence-corrected chi connectivity index (χ2v) is 9.78. The van der Waals surface area contributed by atoms with E-state index in [1.165, 1.54) is 76.5 Å². The lowest BCUT2D eigenvalue weighted by molar-refractivity contribution is 0.471. The van der Waals surface area contributed by atoms with Gasteiger partial charge in [0.25, 0.3) is 0 Å². The lowest BCUT2D eigenvalue weighted by Crippen LogP contribution is -2.33. The lowest BCUT2D eigenvalue weighted by Gasteiger charge is -2.44. The van der Waals surface area contributed by atoms with Crippen LogP contribution in [-0.4, -0.2) is 28.9 Å². The summed E-state index contributed by atoms with van der Waals surface area (Å²) < 4.78 is 2.67. The number of nitrogens with zero attached hydrogens (tertiary/aromatic N) is 2. The molecule has 2 saturated carbocycles. The molecule has 118 valence electrons. The third kappa shape index (κ3) is 3.89. The van der Waals surface area contributed by atoms with Gasteiger partial charge in [0.1, 0.15) is 5.84 Å². The first-order valence-electron chi connectivity index (χ1n) is 9.10. The molecule has 0 radical (unpaired) electrons. The highest BCUT2D eigenvalue weighted by Gasteiger charge is 2.35. The highest BCUT2D eigenvalue weighted by molar-refractivity contribution is 7.57. The average Bonchev–Trinajstić information content (AvgIpc) is 2.58. The van der Waals surface area contributed by atoms with Crippen molar-refractivity contribution in [2.45, 2.75) is 88.4 Å². The highest BCUT2D eigenvalue weighted by atomic mass is 31.1. The Morgan fingerprint density at radius 3 is 2.00 bits per heavy atom. The van der Waals surface area contributed by atoms with Crippen LogP contribution in [0.5, 0.6) is 0 Å². The van der Waals surface area contributed by atoms with Crippen molar-refractivity contribution >= 4 is 13.9 Å². The molecule has 3 rings (SSSR count). The lowest BCUT2D eigenvalue weighted by atomic mass is 10.00. The summed E-state index contributed by atoms with van der Waals surface area (Å²) in [4.78, 5) is 4.72. The van der Waals surface area contributed by atoms with E-state index in [2.05, 4.69) is 17.8 Å². The highest BCUT2D eigenvalue weighted by Crippen LogP contribution is 2.57. The summed E-state index contributed by atoms with van der Waals surface area (Å²) in [6.45, 7) is 0. The second kappa shape index (κ2) is 7.77. The van der Waals surface area contributed by atoms with Crippen molar-refractivity contribution in [2.24, 2.45) is 4.99 Å². The van der Waals surface area contributed by atoms with Crippen LogP contribution in [0.4, 0.5) is 0 Å². The Bertz CT molecular complexity index is 361. The van der Waals surface area contributed by atoms with E-state index in [9.17, 15) is 0 Å². The molecule has 2 aliphatic carbocycles. The summed E-state index contributed by atoms with van der Waals surface area (Å²) in [7, 11) is 2.36. The van der Waals surface area contributed by atoms with Gasteiger partial charge in [0.15, 0.2) is 0 Å². The van der Waals surface area contributed by atoms with Crippen LogP contribution in [0.15, 0.2) is 17.3 Å². The summed E-state index contributed by atoms with van der Waals surface area (Å²) in [5.74, 6) is 1.37. The van der Waals surface area contributed by atoms with Gasteiger partial charge in [-0.2, -0.15) is 0 Å². The van der Waals surface area contributed by atoms with Crippen LogP contribution in [0, 0.1) is 0 Å². The zero-order chi connectivity index (χ0) is 14.5. The monoisotopic (exact) mass is 306 g/mol. The van der Waals surface area contributed by atoms with Crippen molar-refractivity contribution < 1.29 is 0 Å². The van der Waals surface area contributed by atoms with Crippen LogP contribution in [0.2, 0.25) is 0 Å². The average molecular weight is 306 g/mol. The van der Waals surface area contributed by atoms with E-state index >= 15 is 0 Å². The number of hydrogen-bond donors (Lipinski definition) is 0. The Morgan fingerprint density at radius 1 is 0.952 bits per heavy atom. The fourth-order valence-corrected chi connectivity index (χ4v) is 8.13. The Morgan fingerprint density at radius 2 is 1.52 bits per heavy atom. The number of rotatable bonds is 3. The van der Waals surface area contributed by atoms with E-state index in [4.69, 9.17) is 4.99 Å². The smallest absolute Gasteiger partial charge is 0.107 e. The molecule has 21 heavy (non-hydrogen) atoms. The molecule has 0 spiro atoms.